The van der Waals surface area contributed by atoms with Crippen LogP contribution >= 0.6 is 0 Å². The Balaban J connectivity index is 1.71. The van der Waals surface area contributed by atoms with Gasteiger partial charge in [-0.05, 0) is 49.2 Å². The van der Waals surface area contributed by atoms with E-state index in [4.69, 9.17) is 9.47 Å². The van der Waals surface area contributed by atoms with Crippen LogP contribution in [-0.2, 0) is 20.9 Å². The van der Waals surface area contributed by atoms with Crippen molar-refractivity contribution in [3.05, 3.63) is 54.1 Å². The highest BCUT2D eigenvalue weighted by molar-refractivity contribution is 7.90. The third-order valence-corrected chi connectivity index (χ3v) is 6.50. The first kappa shape index (κ1) is 21.6. The lowest BCUT2D eigenvalue weighted by atomic mass is 10.0. The van der Waals surface area contributed by atoms with Gasteiger partial charge in [-0.25, -0.2) is 13.1 Å². The van der Waals surface area contributed by atoms with Gasteiger partial charge >= 0.3 is 6.18 Å². The van der Waals surface area contributed by atoms with E-state index in [-0.39, 0.29) is 13.2 Å². The number of alkyl halides is 3. The maximum absolute atomic E-state index is 12.9. The van der Waals surface area contributed by atoms with E-state index in [1.165, 1.54) is 6.07 Å². The maximum Gasteiger partial charge on any atom is 0.416 e. The Kier molecular flexibility index (Phi) is 6.21. The van der Waals surface area contributed by atoms with Gasteiger partial charge in [-0.1, -0.05) is 24.3 Å². The van der Waals surface area contributed by atoms with Crippen molar-refractivity contribution >= 4 is 10.0 Å². The van der Waals surface area contributed by atoms with Gasteiger partial charge in [-0.2, -0.15) is 13.2 Å². The molecule has 0 bridgehead atoms. The highest BCUT2D eigenvalue weighted by Gasteiger charge is 2.34. The zero-order chi connectivity index (χ0) is 21.2. The first-order chi connectivity index (χ1) is 13.6. The van der Waals surface area contributed by atoms with E-state index in [1.807, 2.05) is 0 Å². The van der Waals surface area contributed by atoms with Crippen molar-refractivity contribution in [3.63, 3.8) is 0 Å². The number of hydrogen-bond acceptors (Lipinski definition) is 4. The van der Waals surface area contributed by atoms with Crippen molar-refractivity contribution in [3.8, 4) is 16.9 Å². The molecule has 2 aromatic rings. The molecule has 2 atom stereocenters. The molecule has 2 unspecified atom stereocenters. The third-order valence-electron chi connectivity index (χ3n) is 4.63. The monoisotopic (exact) mass is 429 g/mol. The predicted octanol–water partition coefficient (Wildman–Crippen LogP) is 3.85. The number of ether oxygens (including phenoxy) is 2. The Labute approximate surface area is 167 Å². The van der Waals surface area contributed by atoms with Gasteiger partial charge in [0.25, 0.3) is 0 Å². The summed E-state index contributed by atoms with van der Waals surface area (Å²) in [5, 5.41) is -0.574. The molecule has 1 heterocycles. The molecule has 1 N–H and O–H groups in total. The summed E-state index contributed by atoms with van der Waals surface area (Å²) < 4.78 is 76.7. The SMILES string of the molecule is CC(C)S(=O)(=O)NC1COCC1Oc1ccc(-c2cccc(C(F)(F)F)c2)cc1. The molecule has 1 aliphatic rings. The zero-order valence-electron chi connectivity index (χ0n) is 15.9. The van der Waals surface area contributed by atoms with Gasteiger partial charge in [0.2, 0.25) is 10.0 Å². The van der Waals surface area contributed by atoms with Gasteiger partial charge in [0.15, 0.2) is 0 Å². The number of rotatable bonds is 6. The number of nitrogens with one attached hydrogen (secondary N) is 1. The van der Waals surface area contributed by atoms with Crippen molar-refractivity contribution in [2.45, 2.75) is 37.4 Å². The molecule has 2 aromatic carbocycles. The van der Waals surface area contributed by atoms with Crippen LogP contribution in [0.4, 0.5) is 13.2 Å². The molecule has 0 radical (unpaired) electrons. The Morgan fingerprint density at radius 3 is 2.38 bits per heavy atom. The van der Waals surface area contributed by atoms with Gasteiger partial charge in [0.05, 0.1) is 30.1 Å². The van der Waals surface area contributed by atoms with Crippen molar-refractivity contribution in [1.82, 2.24) is 4.72 Å². The minimum atomic E-state index is -4.40. The maximum atomic E-state index is 12.9. The summed E-state index contributed by atoms with van der Waals surface area (Å²) in [6.07, 6.45) is -4.90. The Bertz CT molecular complexity index is 943. The molecule has 1 saturated heterocycles. The number of hydrogen-bond donors (Lipinski definition) is 1. The number of benzene rings is 2. The Hall–Kier alpha value is -2.10. The minimum Gasteiger partial charge on any atom is -0.486 e. The zero-order valence-corrected chi connectivity index (χ0v) is 16.8. The van der Waals surface area contributed by atoms with Crippen LogP contribution in [0.2, 0.25) is 0 Å². The summed E-state index contributed by atoms with van der Waals surface area (Å²) in [5.74, 6) is 0.477. The van der Waals surface area contributed by atoms with Crippen molar-refractivity contribution in [2.24, 2.45) is 0 Å². The molecule has 0 spiro atoms. The van der Waals surface area contributed by atoms with Crippen molar-refractivity contribution in [1.29, 1.82) is 0 Å². The first-order valence-electron chi connectivity index (χ1n) is 9.09. The molecule has 0 amide bonds. The van der Waals surface area contributed by atoms with Crippen LogP contribution in [-0.4, -0.2) is 39.0 Å². The Morgan fingerprint density at radius 1 is 1.07 bits per heavy atom. The fraction of sp³-hybridized carbons (Fsp3) is 0.400. The lowest BCUT2D eigenvalue weighted by Crippen LogP contribution is -2.47. The first-order valence-corrected chi connectivity index (χ1v) is 10.6. The molecule has 0 aromatic heterocycles. The van der Waals surface area contributed by atoms with E-state index in [9.17, 15) is 21.6 Å². The molecule has 1 fully saturated rings. The summed E-state index contributed by atoms with van der Waals surface area (Å²) >= 11 is 0. The van der Waals surface area contributed by atoms with Crippen LogP contribution in [0.1, 0.15) is 19.4 Å². The van der Waals surface area contributed by atoms with E-state index < -0.39 is 39.2 Å². The number of halogens is 3. The predicted molar refractivity (Wildman–Crippen MR) is 103 cm³/mol. The van der Waals surface area contributed by atoms with E-state index in [0.717, 1.165) is 12.1 Å². The second kappa shape index (κ2) is 8.33. The second-order valence-corrected chi connectivity index (χ2v) is 9.38. The Morgan fingerprint density at radius 2 is 1.76 bits per heavy atom. The molecule has 1 aliphatic heterocycles. The van der Waals surface area contributed by atoms with Gasteiger partial charge in [-0.3, -0.25) is 0 Å². The summed E-state index contributed by atoms with van der Waals surface area (Å²) in [6.45, 7) is 3.61. The molecular formula is C20H22F3NO4S. The minimum absolute atomic E-state index is 0.207. The number of sulfonamides is 1. The lowest BCUT2D eigenvalue weighted by molar-refractivity contribution is -0.137. The summed E-state index contributed by atoms with van der Waals surface area (Å²) in [7, 11) is -3.47. The van der Waals surface area contributed by atoms with Crippen LogP contribution in [0.25, 0.3) is 11.1 Å². The topological polar surface area (TPSA) is 64.6 Å². The van der Waals surface area contributed by atoms with E-state index in [0.29, 0.717) is 16.9 Å². The molecule has 3 rings (SSSR count). The van der Waals surface area contributed by atoms with Crippen molar-refractivity contribution in [2.75, 3.05) is 13.2 Å². The highest BCUT2D eigenvalue weighted by Crippen LogP contribution is 2.32. The van der Waals surface area contributed by atoms with Gasteiger partial charge < -0.3 is 9.47 Å². The highest BCUT2D eigenvalue weighted by atomic mass is 32.2. The second-order valence-electron chi connectivity index (χ2n) is 7.11. The molecule has 0 aliphatic carbocycles. The van der Waals surface area contributed by atoms with Crippen LogP contribution in [0, 0.1) is 0 Å². The van der Waals surface area contributed by atoms with E-state index >= 15 is 0 Å². The van der Waals surface area contributed by atoms with Crippen LogP contribution in [0.3, 0.4) is 0 Å². The average molecular weight is 429 g/mol. The van der Waals surface area contributed by atoms with Crippen LogP contribution in [0.15, 0.2) is 48.5 Å². The average Bonchev–Trinajstić information content (AvgIpc) is 3.07. The molecule has 29 heavy (non-hydrogen) atoms. The lowest BCUT2D eigenvalue weighted by Gasteiger charge is -2.21. The molecule has 158 valence electrons. The summed E-state index contributed by atoms with van der Waals surface area (Å²) in [5.41, 5.74) is 0.347. The van der Waals surface area contributed by atoms with Crippen LogP contribution < -0.4 is 9.46 Å². The van der Waals surface area contributed by atoms with E-state index in [1.54, 1.807) is 44.2 Å². The van der Waals surface area contributed by atoms with Gasteiger partial charge in [-0.15, -0.1) is 0 Å². The van der Waals surface area contributed by atoms with Gasteiger partial charge in [0.1, 0.15) is 11.9 Å². The smallest absolute Gasteiger partial charge is 0.416 e. The van der Waals surface area contributed by atoms with Crippen molar-refractivity contribution < 1.29 is 31.1 Å². The quantitative estimate of drug-likeness (QED) is 0.758. The van der Waals surface area contributed by atoms with E-state index in [2.05, 4.69) is 4.72 Å². The molecule has 9 heteroatoms. The van der Waals surface area contributed by atoms with Crippen LogP contribution in [0.5, 0.6) is 5.75 Å². The third kappa shape index (κ3) is 5.29. The summed E-state index contributed by atoms with van der Waals surface area (Å²) in [4.78, 5) is 0. The fourth-order valence-electron chi connectivity index (χ4n) is 2.88. The molecule has 5 nitrogen and oxygen atoms in total. The fourth-order valence-corrected chi connectivity index (χ4v) is 3.80. The molecular weight excluding hydrogens is 407 g/mol. The summed E-state index contributed by atoms with van der Waals surface area (Å²) in [6, 6.07) is 11.2. The standard InChI is InChI=1S/C20H22F3NO4S/c1-13(2)29(25,26)24-18-11-27-12-19(18)28-17-8-6-14(7-9-17)15-4-3-5-16(10-15)20(21,22)23/h3-10,13,18-19,24H,11-12H2,1-2H3. The van der Waals surface area contributed by atoms with Gasteiger partial charge in [0, 0.05) is 0 Å². The molecule has 0 saturated carbocycles. The largest absolute Gasteiger partial charge is 0.486 e. The normalized spacial score (nSPS) is 20.2.